The van der Waals surface area contributed by atoms with Gasteiger partial charge < -0.3 is 9.73 Å². The molecule has 0 aliphatic carbocycles. The van der Waals surface area contributed by atoms with Crippen molar-refractivity contribution in [2.75, 3.05) is 5.32 Å². The Balaban J connectivity index is 1.61. The highest BCUT2D eigenvalue weighted by Gasteiger charge is 2.11. The molecule has 0 saturated heterocycles. The molecule has 0 saturated carbocycles. The van der Waals surface area contributed by atoms with Crippen LogP contribution in [0.1, 0.15) is 10.4 Å². The molecular formula is C20H12Cl2N2O2. The minimum Gasteiger partial charge on any atom is -0.436 e. The van der Waals surface area contributed by atoms with Crippen molar-refractivity contribution in [3.8, 4) is 11.5 Å². The SMILES string of the molecule is O=C(Nc1ccc2oc(-c3ccccc3)nc2c1)c1ccc(Cl)c(Cl)c1. The van der Waals surface area contributed by atoms with E-state index in [4.69, 9.17) is 27.6 Å². The predicted octanol–water partition coefficient (Wildman–Crippen LogP) is 6.05. The third kappa shape index (κ3) is 3.29. The molecule has 1 aromatic heterocycles. The highest BCUT2D eigenvalue weighted by atomic mass is 35.5. The molecular weight excluding hydrogens is 371 g/mol. The van der Waals surface area contributed by atoms with E-state index in [1.807, 2.05) is 30.3 Å². The van der Waals surface area contributed by atoms with Crippen molar-refractivity contribution in [1.82, 2.24) is 4.98 Å². The number of amides is 1. The van der Waals surface area contributed by atoms with Gasteiger partial charge in [0, 0.05) is 16.8 Å². The molecule has 0 bridgehead atoms. The molecule has 128 valence electrons. The van der Waals surface area contributed by atoms with Gasteiger partial charge in [-0.25, -0.2) is 4.98 Å². The van der Waals surface area contributed by atoms with Gasteiger partial charge in [-0.05, 0) is 48.5 Å². The monoisotopic (exact) mass is 382 g/mol. The van der Waals surface area contributed by atoms with Crippen LogP contribution >= 0.6 is 23.2 Å². The molecule has 4 nitrogen and oxygen atoms in total. The second kappa shape index (κ2) is 6.83. The van der Waals surface area contributed by atoms with E-state index in [0.717, 1.165) is 5.56 Å². The van der Waals surface area contributed by atoms with Crippen molar-refractivity contribution in [1.29, 1.82) is 0 Å². The van der Waals surface area contributed by atoms with Crippen molar-refractivity contribution < 1.29 is 9.21 Å². The van der Waals surface area contributed by atoms with Gasteiger partial charge >= 0.3 is 0 Å². The fraction of sp³-hybridized carbons (Fsp3) is 0. The van der Waals surface area contributed by atoms with Crippen molar-refractivity contribution >= 4 is 45.9 Å². The fourth-order valence-corrected chi connectivity index (χ4v) is 2.85. The fourth-order valence-electron chi connectivity index (χ4n) is 2.55. The summed E-state index contributed by atoms with van der Waals surface area (Å²) in [6.45, 7) is 0. The molecule has 0 radical (unpaired) electrons. The zero-order valence-corrected chi connectivity index (χ0v) is 14.9. The number of anilines is 1. The molecule has 3 aromatic carbocycles. The van der Waals surface area contributed by atoms with Crippen LogP contribution in [0.3, 0.4) is 0 Å². The van der Waals surface area contributed by atoms with Crippen LogP contribution in [0, 0.1) is 0 Å². The Hall–Kier alpha value is -2.82. The average Bonchev–Trinajstić information content (AvgIpc) is 3.08. The number of fused-ring (bicyclic) bond motifs is 1. The Morgan fingerprint density at radius 1 is 0.923 bits per heavy atom. The first-order valence-electron chi connectivity index (χ1n) is 7.82. The van der Waals surface area contributed by atoms with Crippen molar-refractivity contribution in [3.63, 3.8) is 0 Å². The van der Waals surface area contributed by atoms with Crippen LogP contribution in [0.5, 0.6) is 0 Å². The lowest BCUT2D eigenvalue weighted by Crippen LogP contribution is -2.11. The van der Waals surface area contributed by atoms with E-state index in [0.29, 0.717) is 38.3 Å². The average molecular weight is 383 g/mol. The summed E-state index contributed by atoms with van der Waals surface area (Å²) >= 11 is 11.8. The van der Waals surface area contributed by atoms with E-state index in [1.165, 1.54) is 6.07 Å². The zero-order chi connectivity index (χ0) is 18.1. The van der Waals surface area contributed by atoms with Crippen LogP contribution in [0.2, 0.25) is 10.0 Å². The summed E-state index contributed by atoms with van der Waals surface area (Å²) in [7, 11) is 0. The normalized spacial score (nSPS) is 10.8. The van der Waals surface area contributed by atoms with E-state index in [1.54, 1.807) is 30.3 Å². The number of benzene rings is 3. The minimum absolute atomic E-state index is 0.283. The maximum atomic E-state index is 12.4. The molecule has 1 N–H and O–H groups in total. The largest absolute Gasteiger partial charge is 0.436 e. The third-order valence-electron chi connectivity index (χ3n) is 3.85. The first-order chi connectivity index (χ1) is 12.6. The molecule has 26 heavy (non-hydrogen) atoms. The Morgan fingerprint density at radius 3 is 2.50 bits per heavy atom. The highest BCUT2D eigenvalue weighted by Crippen LogP contribution is 2.27. The van der Waals surface area contributed by atoms with Crippen LogP contribution in [-0.2, 0) is 0 Å². The van der Waals surface area contributed by atoms with Gasteiger partial charge in [-0.3, -0.25) is 4.79 Å². The van der Waals surface area contributed by atoms with Gasteiger partial charge in [-0.2, -0.15) is 0 Å². The Labute approximate surface area is 159 Å². The molecule has 4 rings (SSSR count). The van der Waals surface area contributed by atoms with E-state index < -0.39 is 0 Å². The topological polar surface area (TPSA) is 55.1 Å². The molecule has 0 unspecified atom stereocenters. The number of carbonyl (C=O) groups excluding carboxylic acids is 1. The smallest absolute Gasteiger partial charge is 0.255 e. The first kappa shape index (κ1) is 16.6. The Morgan fingerprint density at radius 2 is 1.73 bits per heavy atom. The molecule has 0 spiro atoms. The molecule has 0 atom stereocenters. The number of hydrogen-bond acceptors (Lipinski definition) is 3. The summed E-state index contributed by atoms with van der Waals surface area (Å²) in [5, 5.41) is 3.56. The molecule has 0 aliphatic rings. The summed E-state index contributed by atoms with van der Waals surface area (Å²) in [6, 6.07) is 19.7. The number of halogens is 2. The minimum atomic E-state index is -0.283. The van der Waals surface area contributed by atoms with Crippen LogP contribution in [0.15, 0.2) is 71.1 Å². The first-order valence-corrected chi connectivity index (χ1v) is 8.58. The quantitative estimate of drug-likeness (QED) is 0.468. The van der Waals surface area contributed by atoms with Crippen molar-refractivity contribution in [2.45, 2.75) is 0 Å². The van der Waals surface area contributed by atoms with Gasteiger partial charge in [0.05, 0.1) is 10.0 Å². The van der Waals surface area contributed by atoms with E-state index in [2.05, 4.69) is 10.3 Å². The van der Waals surface area contributed by atoms with Gasteiger partial charge in [0.25, 0.3) is 5.91 Å². The second-order valence-electron chi connectivity index (χ2n) is 5.65. The van der Waals surface area contributed by atoms with Crippen LogP contribution in [-0.4, -0.2) is 10.9 Å². The number of aromatic nitrogens is 1. The number of nitrogens with one attached hydrogen (secondary N) is 1. The maximum absolute atomic E-state index is 12.4. The lowest BCUT2D eigenvalue weighted by atomic mass is 10.2. The predicted molar refractivity (Wildman–Crippen MR) is 104 cm³/mol. The molecule has 1 heterocycles. The summed E-state index contributed by atoms with van der Waals surface area (Å²) in [5.74, 6) is 0.253. The van der Waals surface area contributed by atoms with E-state index in [9.17, 15) is 4.79 Å². The van der Waals surface area contributed by atoms with Gasteiger partial charge in [0.15, 0.2) is 5.58 Å². The Bertz CT molecular complexity index is 1110. The van der Waals surface area contributed by atoms with Crippen LogP contribution in [0.25, 0.3) is 22.6 Å². The van der Waals surface area contributed by atoms with E-state index in [-0.39, 0.29) is 5.91 Å². The lowest BCUT2D eigenvalue weighted by molar-refractivity contribution is 0.102. The number of nitrogens with zero attached hydrogens (tertiary/aromatic N) is 1. The number of hydrogen-bond donors (Lipinski definition) is 1. The standard InChI is InChI=1S/C20H12Cl2N2O2/c21-15-8-6-13(10-16(15)22)19(25)23-14-7-9-18-17(11-14)24-20(26-18)12-4-2-1-3-5-12/h1-11H,(H,23,25). The summed E-state index contributed by atoms with van der Waals surface area (Å²) in [4.78, 5) is 16.9. The summed E-state index contributed by atoms with van der Waals surface area (Å²) in [5.41, 5.74) is 3.24. The summed E-state index contributed by atoms with van der Waals surface area (Å²) in [6.07, 6.45) is 0. The number of oxazole rings is 1. The third-order valence-corrected chi connectivity index (χ3v) is 4.59. The second-order valence-corrected chi connectivity index (χ2v) is 6.46. The van der Waals surface area contributed by atoms with Gasteiger partial charge in [0.2, 0.25) is 5.89 Å². The molecule has 0 aliphatic heterocycles. The van der Waals surface area contributed by atoms with Crippen LogP contribution < -0.4 is 5.32 Å². The maximum Gasteiger partial charge on any atom is 0.255 e. The van der Waals surface area contributed by atoms with E-state index >= 15 is 0 Å². The number of carbonyl (C=O) groups is 1. The zero-order valence-electron chi connectivity index (χ0n) is 13.4. The molecule has 4 aromatic rings. The van der Waals surface area contributed by atoms with Gasteiger partial charge in [-0.15, -0.1) is 0 Å². The molecule has 6 heteroatoms. The molecule has 0 fully saturated rings. The Kier molecular flexibility index (Phi) is 4.37. The van der Waals surface area contributed by atoms with Gasteiger partial charge in [0.1, 0.15) is 5.52 Å². The number of rotatable bonds is 3. The molecule has 1 amide bonds. The van der Waals surface area contributed by atoms with Crippen LogP contribution in [0.4, 0.5) is 5.69 Å². The van der Waals surface area contributed by atoms with Gasteiger partial charge in [-0.1, -0.05) is 41.4 Å². The van der Waals surface area contributed by atoms with Crippen molar-refractivity contribution in [2.24, 2.45) is 0 Å². The highest BCUT2D eigenvalue weighted by molar-refractivity contribution is 6.42. The lowest BCUT2D eigenvalue weighted by Gasteiger charge is -2.06. The van der Waals surface area contributed by atoms with Crippen molar-refractivity contribution in [3.05, 3.63) is 82.3 Å². The summed E-state index contributed by atoms with van der Waals surface area (Å²) < 4.78 is 5.77.